The Balaban J connectivity index is 2.56. The number of benzene rings is 2. The van der Waals surface area contributed by atoms with Crippen molar-refractivity contribution in [2.75, 3.05) is 0 Å². The van der Waals surface area contributed by atoms with Gasteiger partial charge in [0.25, 0.3) is 0 Å². The van der Waals surface area contributed by atoms with Crippen LogP contribution in [0.1, 0.15) is 11.1 Å². The van der Waals surface area contributed by atoms with Gasteiger partial charge in [-0.15, -0.1) is 0 Å². The molecular weight excluding hydrogens is 247 g/mol. The molecule has 0 aliphatic heterocycles. The molecule has 0 aliphatic carbocycles. The molecule has 96 valence electrons. The first-order valence-corrected chi connectivity index (χ1v) is 7.78. The van der Waals surface area contributed by atoms with Gasteiger partial charge in [-0.3, -0.25) is 0 Å². The van der Waals surface area contributed by atoms with E-state index in [1.807, 2.05) is 13.8 Å². The van der Waals surface area contributed by atoms with Crippen LogP contribution in [0, 0.1) is 13.8 Å². The quantitative estimate of drug-likeness (QED) is 0.721. The average molecular weight is 264 g/mol. The van der Waals surface area contributed by atoms with Gasteiger partial charge in [0, 0.05) is 0 Å². The van der Waals surface area contributed by atoms with Crippen molar-refractivity contribution in [3.63, 3.8) is 0 Å². The first kappa shape index (κ1) is 13.2. The Morgan fingerprint density at radius 2 is 0.889 bits per heavy atom. The monoisotopic (exact) mass is 264 g/mol. The maximum atomic E-state index is 10.3. The molecule has 0 unspecified atom stereocenters. The van der Waals surface area contributed by atoms with Crippen molar-refractivity contribution in [2.24, 2.45) is 0 Å². The van der Waals surface area contributed by atoms with E-state index in [-0.39, 0.29) is 10.6 Å². The molecule has 0 aromatic heterocycles. The van der Waals surface area contributed by atoms with Gasteiger partial charge in [0.2, 0.25) is 0 Å². The minimum atomic E-state index is -4.98. The number of aryl methyl sites for hydroxylation is 2. The van der Waals surface area contributed by atoms with E-state index >= 15 is 0 Å². The molecule has 2 aromatic carbocycles. The summed E-state index contributed by atoms with van der Waals surface area (Å²) < 4.78 is 0. The second-order valence-electron chi connectivity index (χ2n) is 4.65. The average Bonchev–Trinajstić information content (AvgIpc) is 2.29. The van der Waals surface area contributed by atoms with Crippen molar-refractivity contribution in [1.29, 1.82) is 0 Å². The molecule has 0 fully saturated rings. The molecule has 0 heterocycles. The summed E-state index contributed by atoms with van der Waals surface area (Å²) >= 11 is 0. The van der Waals surface area contributed by atoms with Crippen molar-refractivity contribution in [1.82, 2.24) is 0 Å². The van der Waals surface area contributed by atoms with Crippen molar-refractivity contribution in [3.8, 4) is 0 Å². The summed E-state index contributed by atoms with van der Waals surface area (Å²) in [4.78, 5) is 31.0. The molecule has 0 amide bonds. The van der Waals surface area contributed by atoms with Crippen LogP contribution in [0.3, 0.4) is 0 Å². The van der Waals surface area contributed by atoms with Crippen LogP contribution in [-0.4, -0.2) is 14.7 Å². The fourth-order valence-corrected chi connectivity index (χ4v) is 3.48. The van der Waals surface area contributed by atoms with Crippen molar-refractivity contribution in [3.05, 3.63) is 59.7 Å². The number of hydrogen-bond acceptors (Lipinski definition) is 3. The Hall–Kier alpha value is -1.25. The zero-order valence-corrected chi connectivity index (χ0v) is 11.3. The fraction of sp³-hybridized carbons (Fsp3) is 0.143. The third-order valence-corrected chi connectivity index (χ3v) is 5.52. The van der Waals surface area contributed by atoms with Crippen LogP contribution >= 0.6 is 7.28 Å². The van der Waals surface area contributed by atoms with Crippen LogP contribution in [0.4, 0.5) is 0 Å². The van der Waals surface area contributed by atoms with E-state index in [0.717, 1.165) is 11.1 Å². The molecule has 3 N–H and O–H groups in total. The molecule has 0 spiro atoms. The van der Waals surface area contributed by atoms with Gasteiger partial charge in [0.15, 0.2) is 0 Å². The second kappa shape index (κ2) is 4.15. The number of hydrogen-bond donors (Lipinski definition) is 3. The van der Waals surface area contributed by atoms with Gasteiger partial charge in [0.05, 0.1) is 0 Å². The van der Waals surface area contributed by atoms with Gasteiger partial charge in [-0.05, 0) is 0 Å². The summed E-state index contributed by atoms with van der Waals surface area (Å²) in [5.74, 6) is 0. The first-order chi connectivity index (χ1) is 8.28. The van der Waals surface area contributed by atoms with Crippen molar-refractivity contribution >= 4 is 17.9 Å². The van der Waals surface area contributed by atoms with Gasteiger partial charge in [0.1, 0.15) is 0 Å². The standard InChI is InChI=1S/C14H17O3P/c1-11-3-7-13(8-4-11)18(15,16,17)14-9-5-12(2)6-10-14/h3-10,15-17H,1-2H3. The Bertz CT molecular complexity index is 501. The normalized spacial score (nSPS) is 13.9. The van der Waals surface area contributed by atoms with E-state index in [9.17, 15) is 14.7 Å². The van der Waals surface area contributed by atoms with E-state index in [4.69, 9.17) is 0 Å². The van der Waals surface area contributed by atoms with E-state index in [0.29, 0.717) is 0 Å². The van der Waals surface area contributed by atoms with Gasteiger partial charge in [-0.25, -0.2) is 0 Å². The summed E-state index contributed by atoms with van der Waals surface area (Å²) in [6.45, 7) is 3.80. The van der Waals surface area contributed by atoms with E-state index in [1.54, 1.807) is 48.5 Å². The van der Waals surface area contributed by atoms with Gasteiger partial charge < -0.3 is 0 Å². The summed E-state index contributed by atoms with van der Waals surface area (Å²) in [6.07, 6.45) is 0. The molecular formula is C14H17O3P. The predicted octanol–water partition coefficient (Wildman–Crippen LogP) is 1.53. The number of rotatable bonds is 2. The minimum absolute atomic E-state index is 0.149. The molecule has 2 aromatic rings. The fourth-order valence-electron chi connectivity index (χ4n) is 1.79. The molecule has 0 atom stereocenters. The molecule has 0 bridgehead atoms. The van der Waals surface area contributed by atoms with Gasteiger partial charge >= 0.3 is 106 Å². The molecule has 0 radical (unpaired) electrons. The van der Waals surface area contributed by atoms with Crippen molar-refractivity contribution in [2.45, 2.75) is 13.8 Å². The molecule has 4 heteroatoms. The molecule has 0 saturated heterocycles. The van der Waals surface area contributed by atoms with Crippen LogP contribution < -0.4 is 10.6 Å². The molecule has 0 saturated carbocycles. The van der Waals surface area contributed by atoms with Crippen LogP contribution in [0.5, 0.6) is 0 Å². The second-order valence-corrected chi connectivity index (χ2v) is 7.64. The van der Waals surface area contributed by atoms with Gasteiger partial charge in [-0.2, -0.15) is 0 Å². The summed E-state index contributed by atoms with van der Waals surface area (Å²) in [5, 5.41) is 0.297. The van der Waals surface area contributed by atoms with E-state index in [1.165, 1.54) is 0 Å². The van der Waals surface area contributed by atoms with Crippen LogP contribution in [0.15, 0.2) is 48.5 Å². The van der Waals surface area contributed by atoms with E-state index in [2.05, 4.69) is 0 Å². The Labute approximate surface area is 107 Å². The SMILES string of the molecule is Cc1ccc(P(O)(O)(O)c2ccc(C)cc2)cc1. The first-order valence-electron chi connectivity index (χ1n) is 5.69. The summed E-state index contributed by atoms with van der Waals surface area (Å²) in [6, 6.07) is 13.2. The molecule has 3 nitrogen and oxygen atoms in total. The Morgan fingerprint density at radius 1 is 0.611 bits per heavy atom. The molecule has 18 heavy (non-hydrogen) atoms. The Kier molecular flexibility index (Phi) is 3.04. The van der Waals surface area contributed by atoms with E-state index < -0.39 is 7.28 Å². The van der Waals surface area contributed by atoms with Crippen LogP contribution in [-0.2, 0) is 0 Å². The Morgan fingerprint density at radius 3 is 1.17 bits per heavy atom. The zero-order chi connectivity index (χ0) is 13.4. The zero-order valence-electron chi connectivity index (χ0n) is 10.4. The molecule has 0 aliphatic rings. The third kappa shape index (κ3) is 2.31. The van der Waals surface area contributed by atoms with Crippen LogP contribution in [0.25, 0.3) is 0 Å². The van der Waals surface area contributed by atoms with Crippen LogP contribution in [0.2, 0.25) is 0 Å². The third-order valence-electron chi connectivity index (χ3n) is 3.02. The van der Waals surface area contributed by atoms with Gasteiger partial charge in [-0.1, -0.05) is 0 Å². The molecule has 2 rings (SSSR count). The summed E-state index contributed by atoms with van der Waals surface area (Å²) in [7, 11) is -4.98. The summed E-state index contributed by atoms with van der Waals surface area (Å²) in [5.41, 5.74) is 1.99. The maximum absolute atomic E-state index is 10.3. The topological polar surface area (TPSA) is 60.7 Å². The van der Waals surface area contributed by atoms with Crippen molar-refractivity contribution < 1.29 is 14.7 Å². The predicted molar refractivity (Wildman–Crippen MR) is 75.2 cm³/mol.